The van der Waals surface area contributed by atoms with Gasteiger partial charge in [0.2, 0.25) is 11.8 Å². The average Bonchev–Trinajstić information content (AvgIpc) is 3.02. The Morgan fingerprint density at radius 3 is 2.53 bits per heavy atom. The number of halogens is 1. The van der Waals surface area contributed by atoms with Crippen LogP contribution in [0.3, 0.4) is 0 Å². The van der Waals surface area contributed by atoms with E-state index >= 15 is 0 Å². The Labute approximate surface area is 187 Å². The molecule has 0 spiro atoms. The van der Waals surface area contributed by atoms with Gasteiger partial charge in [-0.05, 0) is 36.4 Å². The third kappa shape index (κ3) is 5.93. The second kappa shape index (κ2) is 10.4. The predicted octanol–water partition coefficient (Wildman–Crippen LogP) is 3.97. The lowest BCUT2D eigenvalue weighted by molar-refractivity contribution is -0.141. The number of hydrogen-bond acceptors (Lipinski definition) is 6. The first kappa shape index (κ1) is 22.0. The number of amidine groups is 1. The maximum atomic E-state index is 12.9. The summed E-state index contributed by atoms with van der Waals surface area (Å²) in [6.07, 6.45) is 0.0521. The van der Waals surface area contributed by atoms with E-state index in [1.807, 2.05) is 42.5 Å². The van der Waals surface area contributed by atoms with Gasteiger partial charge in [0.15, 0.2) is 5.17 Å². The third-order valence-corrected chi connectivity index (χ3v) is 5.97. The van der Waals surface area contributed by atoms with Crippen LogP contribution in [0.5, 0.6) is 0 Å². The number of benzene rings is 2. The molecule has 1 aliphatic rings. The minimum atomic E-state index is -0.611. The van der Waals surface area contributed by atoms with Gasteiger partial charge in [0.05, 0.1) is 19.2 Å². The van der Waals surface area contributed by atoms with Gasteiger partial charge in [-0.1, -0.05) is 45.9 Å². The summed E-state index contributed by atoms with van der Waals surface area (Å²) in [5, 5.41) is 2.66. The van der Waals surface area contributed by atoms with Crippen molar-refractivity contribution in [3.05, 3.63) is 59.1 Å². The van der Waals surface area contributed by atoms with Crippen molar-refractivity contribution in [2.75, 3.05) is 19.0 Å². The summed E-state index contributed by atoms with van der Waals surface area (Å²) in [6.45, 7) is 0.148. The molecule has 0 bridgehead atoms. The van der Waals surface area contributed by atoms with Crippen molar-refractivity contribution < 1.29 is 19.1 Å². The minimum absolute atomic E-state index is 0.00208. The average molecular weight is 490 g/mol. The fraction of sp³-hybridized carbons (Fsp3) is 0.238. The van der Waals surface area contributed by atoms with Crippen molar-refractivity contribution in [1.82, 2.24) is 4.90 Å². The minimum Gasteiger partial charge on any atom is -0.469 e. The highest BCUT2D eigenvalue weighted by molar-refractivity contribution is 9.10. The molecule has 1 unspecified atom stereocenters. The molecule has 1 N–H and O–H groups in total. The Bertz CT molecular complexity index is 950. The number of thioether (sulfide) groups is 1. The number of ether oxygens (including phenoxy) is 1. The summed E-state index contributed by atoms with van der Waals surface area (Å²) in [5.41, 5.74) is 1.34. The molecule has 2 aromatic rings. The molecule has 2 amide bonds. The molecule has 2 aromatic carbocycles. The van der Waals surface area contributed by atoms with Crippen LogP contribution in [0.2, 0.25) is 0 Å². The standard InChI is InChI=1S/C21H20BrN3O4S/c1-29-19(27)11-12-25-20(28)17(30-21(25)24-15-5-3-2-4-6-15)13-18(26)23-16-9-7-14(22)8-10-16/h2-10,17H,11-13H2,1H3,(H,23,26). The monoisotopic (exact) mass is 489 g/mol. The van der Waals surface area contributed by atoms with Crippen molar-refractivity contribution in [2.45, 2.75) is 18.1 Å². The van der Waals surface area contributed by atoms with Crippen molar-refractivity contribution in [3.63, 3.8) is 0 Å². The quantitative estimate of drug-likeness (QED) is 0.594. The van der Waals surface area contributed by atoms with Crippen molar-refractivity contribution in [2.24, 2.45) is 4.99 Å². The lowest BCUT2D eigenvalue weighted by atomic mass is 10.2. The van der Waals surface area contributed by atoms with E-state index in [1.54, 1.807) is 12.1 Å². The summed E-state index contributed by atoms with van der Waals surface area (Å²) in [4.78, 5) is 42.9. The van der Waals surface area contributed by atoms with Crippen molar-refractivity contribution in [1.29, 1.82) is 0 Å². The van der Waals surface area contributed by atoms with E-state index in [0.717, 1.165) is 4.47 Å². The van der Waals surface area contributed by atoms with Gasteiger partial charge in [0.25, 0.3) is 0 Å². The topological polar surface area (TPSA) is 88.1 Å². The first-order chi connectivity index (χ1) is 14.5. The predicted molar refractivity (Wildman–Crippen MR) is 121 cm³/mol. The van der Waals surface area contributed by atoms with Gasteiger partial charge in [0, 0.05) is 23.1 Å². The number of rotatable bonds is 7. The number of anilines is 1. The number of nitrogens with one attached hydrogen (secondary N) is 1. The molecule has 3 rings (SSSR count). The molecule has 1 atom stereocenters. The van der Waals surface area contributed by atoms with Crippen LogP contribution in [0, 0.1) is 0 Å². The third-order valence-electron chi connectivity index (χ3n) is 4.27. The van der Waals surface area contributed by atoms with Crippen LogP contribution in [-0.2, 0) is 19.1 Å². The van der Waals surface area contributed by atoms with Crippen molar-refractivity contribution >= 4 is 62.0 Å². The van der Waals surface area contributed by atoms with Crippen LogP contribution in [0.1, 0.15) is 12.8 Å². The largest absolute Gasteiger partial charge is 0.469 e. The molecule has 1 saturated heterocycles. The maximum absolute atomic E-state index is 12.9. The van der Waals surface area contributed by atoms with Gasteiger partial charge >= 0.3 is 5.97 Å². The highest BCUT2D eigenvalue weighted by atomic mass is 79.9. The molecular formula is C21H20BrN3O4S. The number of carbonyl (C=O) groups is 3. The molecule has 7 nitrogen and oxygen atoms in total. The molecule has 0 saturated carbocycles. The van der Waals surface area contributed by atoms with Crippen LogP contribution >= 0.6 is 27.7 Å². The molecule has 1 heterocycles. The van der Waals surface area contributed by atoms with Gasteiger partial charge in [-0.15, -0.1) is 0 Å². The zero-order valence-electron chi connectivity index (χ0n) is 16.2. The molecule has 30 heavy (non-hydrogen) atoms. The maximum Gasteiger partial charge on any atom is 0.307 e. The zero-order valence-corrected chi connectivity index (χ0v) is 18.6. The fourth-order valence-corrected chi connectivity index (χ4v) is 4.21. The molecule has 0 aliphatic carbocycles. The van der Waals surface area contributed by atoms with Gasteiger partial charge in [-0.3, -0.25) is 19.3 Å². The Balaban J connectivity index is 1.72. The Morgan fingerprint density at radius 2 is 1.87 bits per heavy atom. The number of aliphatic imine (C=N–C) groups is 1. The SMILES string of the molecule is COC(=O)CCN1C(=O)C(CC(=O)Nc2ccc(Br)cc2)SC1=Nc1ccccc1. The van der Waals surface area contributed by atoms with Crippen LogP contribution < -0.4 is 5.32 Å². The van der Waals surface area contributed by atoms with Crippen LogP contribution in [-0.4, -0.2) is 46.8 Å². The molecule has 0 aromatic heterocycles. The zero-order chi connectivity index (χ0) is 21.5. The Kier molecular flexibility index (Phi) is 7.64. The Morgan fingerprint density at radius 1 is 1.17 bits per heavy atom. The first-order valence-corrected chi connectivity index (χ1v) is 10.9. The molecule has 156 valence electrons. The number of esters is 1. The van der Waals surface area contributed by atoms with Gasteiger partial charge in [-0.2, -0.15) is 0 Å². The van der Waals surface area contributed by atoms with Crippen molar-refractivity contribution in [3.8, 4) is 0 Å². The van der Waals surface area contributed by atoms with Gasteiger partial charge in [0.1, 0.15) is 5.25 Å². The Hall–Kier alpha value is -2.65. The van der Waals surface area contributed by atoms with E-state index in [0.29, 0.717) is 16.5 Å². The molecular weight excluding hydrogens is 470 g/mol. The summed E-state index contributed by atoms with van der Waals surface area (Å²) in [5.74, 6) is -0.926. The summed E-state index contributed by atoms with van der Waals surface area (Å²) < 4.78 is 5.58. The number of nitrogens with zero attached hydrogens (tertiary/aromatic N) is 2. The van der Waals surface area contributed by atoms with E-state index in [9.17, 15) is 14.4 Å². The summed E-state index contributed by atoms with van der Waals surface area (Å²) >= 11 is 4.58. The van der Waals surface area contributed by atoms with Crippen LogP contribution in [0.4, 0.5) is 11.4 Å². The normalized spacial score (nSPS) is 17.3. The highest BCUT2D eigenvalue weighted by Crippen LogP contribution is 2.32. The van der Waals surface area contributed by atoms with E-state index in [1.165, 1.54) is 23.8 Å². The first-order valence-electron chi connectivity index (χ1n) is 9.20. The van der Waals surface area contributed by atoms with E-state index < -0.39 is 11.2 Å². The van der Waals surface area contributed by atoms with E-state index in [4.69, 9.17) is 0 Å². The van der Waals surface area contributed by atoms with Crippen LogP contribution in [0.25, 0.3) is 0 Å². The van der Waals surface area contributed by atoms with Gasteiger partial charge in [-0.25, -0.2) is 4.99 Å². The second-order valence-electron chi connectivity index (χ2n) is 6.41. The molecule has 1 aliphatic heterocycles. The number of amides is 2. The lowest BCUT2D eigenvalue weighted by Gasteiger charge is -2.15. The molecule has 9 heteroatoms. The molecule has 1 fully saturated rings. The lowest BCUT2D eigenvalue weighted by Crippen LogP contribution is -2.35. The summed E-state index contributed by atoms with van der Waals surface area (Å²) in [6, 6.07) is 16.4. The highest BCUT2D eigenvalue weighted by Gasteiger charge is 2.39. The number of carbonyl (C=O) groups excluding carboxylic acids is 3. The number of para-hydroxylation sites is 1. The number of hydrogen-bond donors (Lipinski definition) is 1. The van der Waals surface area contributed by atoms with E-state index in [-0.39, 0.29) is 31.2 Å². The molecule has 0 radical (unpaired) electrons. The second-order valence-corrected chi connectivity index (χ2v) is 8.50. The number of methoxy groups -OCH3 is 1. The van der Waals surface area contributed by atoms with Gasteiger partial charge < -0.3 is 10.1 Å². The smallest absolute Gasteiger partial charge is 0.307 e. The van der Waals surface area contributed by atoms with Crippen LogP contribution in [0.15, 0.2) is 64.1 Å². The summed E-state index contributed by atoms with van der Waals surface area (Å²) in [7, 11) is 1.30. The fourth-order valence-electron chi connectivity index (χ4n) is 2.76. The van der Waals surface area contributed by atoms with E-state index in [2.05, 4.69) is 31.0 Å².